The van der Waals surface area contributed by atoms with Crippen LogP contribution in [0.25, 0.3) is 22.6 Å². The topological polar surface area (TPSA) is 114 Å². The Morgan fingerprint density at radius 3 is 2.66 bits per heavy atom. The molecule has 3 aromatic heterocycles. The zero-order valence-corrected chi connectivity index (χ0v) is 17.5. The van der Waals surface area contributed by atoms with Gasteiger partial charge in [0.25, 0.3) is 5.56 Å². The third-order valence-electron chi connectivity index (χ3n) is 5.20. The van der Waals surface area contributed by atoms with Crippen molar-refractivity contribution in [3.8, 4) is 17.1 Å². The number of hydrogen-bond donors (Lipinski definition) is 0. The summed E-state index contributed by atoms with van der Waals surface area (Å²) in [5.74, 6) is 1.44. The molecule has 10 nitrogen and oxygen atoms in total. The maximum Gasteiger partial charge on any atom is 0.283 e. The van der Waals surface area contributed by atoms with Crippen LogP contribution in [0.3, 0.4) is 0 Å². The van der Waals surface area contributed by atoms with Crippen LogP contribution >= 0.6 is 0 Å². The predicted octanol–water partition coefficient (Wildman–Crippen LogP) is 2.45. The Hall–Kier alpha value is -4.34. The highest BCUT2D eigenvalue weighted by molar-refractivity contribution is 5.67. The predicted molar refractivity (Wildman–Crippen MR) is 115 cm³/mol. The van der Waals surface area contributed by atoms with Gasteiger partial charge in [0.2, 0.25) is 11.7 Å². The van der Waals surface area contributed by atoms with Gasteiger partial charge in [-0.3, -0.25) is 9.36 Å². The van der Waals surface area contributed by atoms with E-state index >= 15 is 0 Å². The van der Waals surface area contributed by atoms with Crippen molar-refractivity contribution in [2.75, 3.05) is 7.11 Å². The molecule has 0 atom stereocenters. The normalized spacial score (nSPS) is 11.2. The van der Waals surface area contributed by atoms with Crippen LogP contribution in [0.1, 0.15) is 17.0 Å². The number of rotatable bonds is 6. The first-order chi connectivity index (χ1) is 15.6. The summed E-state index contributed by atoms with van der Waals surface area (Å²) in [6.07, 6.45) is 1.44. The number of fused-ring (bicyclic) bond motifs is 1. The lowest BCUT2D eigenvalue weighted by atomic mass is 10.1. The average molecular weight is 429 g/mol. The molecule has 5 rings (SSSR count). The lowest BCUT2D eigenvalue weighted by Gasteiger charge is -2.06. The van der Waals surface area contributed by atoms with Gasteiger partial charge in [-0.25, -0.2) is 9.67 Å². The van der Waals surface area contributed by atoms with E-state index in [1.54, 1.807) is 11.8 Å². The van der Waals surface area contributed by atoms with Crippen LogP contribution in [-0.4, -0.2) is 41.8 Å². The Labute approximate surface area is 182 Å². The fourth-order valence-corrected chi connectivity index (χ4v) is 3.38. The fraction of sp³-hybridized carbons (Fsp3) is 0.182. The van der Waals surface area contributed by atoms with E-state index in [-0.39, 0.29) is 23.5 Å². The number of benzene rings is 2. The number of hydrogen-bond acceptors (Lipinski definition) is 8. The summed E-state index contributed by atoms with van der Waals surface area (Å²) in [7, 11) is 1.60. The monoisotopic (exact) mass is 429 g/mol. The van der Waals surface area contributed by atoms with Gasteiger partial charge in [-0.2, -0.15) is 4.98 Å². The van der Waals surface area contributed by atoms with E-state index < -0.39 is 0 Å². The van der Waals surface area contributed by atoms with Crippen LogP contribution in [-0.2, 0) is 13.1 Å². The van der Waals surface area contributed by atoms with Crippen LogP contribution < -0.4 is 10.3 Å². The van der Waals surface area contributed by atoms with Crippen molar-refractivity contribution in [3.63, 3.8) is 0 Å². The number of ether oxygens (including phenoxy) is 1. The zero-order chi connectivity index (χ0) is 22.1. The Kier molecular flexibility index (Phi) is 4.94. The van der Waals surface area contributed by atoms with Gasteiger partial charge < -0.3 is 9.26 Å². The largest absolute Gasteiger partial charge is 0.497 e. The standard InChI is InChI=1S/C22H19N7O3/c1-14-5-3-4-6-16(14)11-29-21-19(25-27-29)22(30)28(13-23-21)12-18-24-20(26-32-18)15-7-9-17(31-2)10-8-15/h3-10,13H,11-12H2,1-2H3. The second-order valence-corrected chi connectivity index (χ2v) is 7.26. The lowest BCUT2D eigenvalue weighted by molar-refractivity contribution is 0.369. The smallest absolute Gasteiger partial charge is 0.283 e. The van der Waals surface area contributed by atoms with E-state index in [1.807, 2.05) is 55.5 Å². The molecule has 0 aliphatic heterocycles. The first kappa shape index (κ1) is 19.6. The highest BCUT2D eigenvalue weighted by Gasteiger charge is 2.15. The highest BCUT2D eigenvalue weighted by Crippen LogP contribution is 2.20. The molecule has 5 aromatic rings. The van der Waals surface area contributed by atoms with Crippen molar-refractivity contribution in [1.29, 1.82) is 0 Å². The van der Waals surface area contributed by atoms with E-state index in [1.165, 1.54) is 10.9 Å². The molecule has 0 fully saturated rings. The molecule has 0 bridgehead atoms. The lowest BCUT2D eigenvalue weighted by Crippen LogP contribution is -2.21. The Balaban J connectivity index is 1.40. The van der Waals surface area contributed by atoms with Crippen molar-refractivity contribution >= 4 is 11.2 Å². The molecule has 0 N–H and O–H groups in total. The molecule has 3 heterocycles. The van der Waals surface area contributed by atoms with Crippen LogP contribution in [0.2, 0.25) is 0 Å². The first-order valence-corrected chi connectivity index (χ1v) is 9.92. The molecular weight excluding hydrogens is 410 g/mol. The molecule has 0 aliphatic rings. The van der Waals surface area contributed by atoms with Crippen molar-refractivity contribution in [1.82, 2.24) is 34.7 Å². The molecule has 0 radical (unpaired) electrons. The number of aromatic nitrogens is 7. The first-order valence-electron chi connectivity index (χ1n) is 9.92. The molecule has 0 amide bonds. The van der Waals surface area contributed by atoms with Gasteiger partial charge in [0.1, 0.15) is 18.6 Å². The van der Waals surface area contributed by atoms with E-state index in [2.05, 4.69) is 25.4 Å². The summed E-state index contributed by atoms with van der Waals surface area (Å²) in [6, 6.07) is 15.3. The van der Waals surface area contributed by atoms with Crippen LogP contribution in [0, 0.1) is 6.92 Å². The van der Waals surface area contributed by atoms with Crippen molar-refractivity contribution in [2.24, 2.45) is 0 Å². The maximum atomic E-state index is 12.9. The molecule has 2 aromatic carbocycles. The minimum absolute atomic E-state index is 0.0789. The molecule has 32 heavy (non-hydrogen) atoms. The molecule has 160 valence electrons. The summed E-state index contributed by atoms with van der Waals surface area (Å²) >= 11 is 0. The Morgan fingerprint density at radius 1 is 1.06 bits per heavy atom. The quantitative estimate of drug-likeness (QED) is 0.404. The second-order valence-electron chi connectivity index (χ2n) is 7.26. The second kappa shape index (κ2) is 8.06. The number of nitrogens with zero attached hydrogens (tertiary/aromatic N) is 7. The van der Waals surface area contributed by atoms with E-state index in [0.717, 1.165) is 22.4 Å². The van der Waals surface area contributed by atoms with E-state index in [4.69, 9.17) is 9.26 Å². The third-order valence-corrected chi connectivity index (χ3v) is 5.20. The number of methoxy groups -OCH3 is 1. The Bertz CT molecular complexity index is 1450. The van der Waals surface area contributed by atoms with Gasteiger partial charge >= 0.3 is 0 Å². The van der Waals surface area contributed by atoms with E-state index in [9.17, 15) is 4.79 Å². The van der Waals surface area contributed by atoms with Crippen molar-refractivity contribution in [3.05, 3.63) is 82.2 Å². The van der Waals surface area contributed by atoms with Crippen molar-refractivity contribution < 1.29 is 9.26 Å². The average Bonchev–Trinajstić information content (AvgIpc) is 3.45. The summed E-state index contributed by atoms with van der Waals surface area (Å²) in [5.41, 5.74) is 3.29. The molecule has 0 spiro atoms. The van der Waals surface area contributed by atoms with Crippen LogP contribution in [0.4, 0.5) is 0 Å². The minimum Gasteiger partial charge on any atom is -0.497 e. The van der Waals surface area contributed by atoms with Gasteiger partial charge in [-0.05, 0) is 42.3 Å². The summed E-state index contributed by atoms with van der Waals surface area (Å²) < 4.78 is 13.5. The molecule has 0 saturated carbocycles. The van der Waals surface area contributed by atoms with E-state index in [0.29, 0.717) is 18.0 Å². The summed E-state index contributed by atoms with van der Waals surface area (Å²) in [5, 5.41) is 12.2. The molecule has 0 aliphatic carbocycles. The van der Waals surface area contributed by atoms with Gasteiger partial charge in [-0.1, -0.05) is 34.6 Å². The van der Waals surface area contributed by atoms with Crippen molar-refractivity contribution in [2.45, 2.75) is 20.0 Å². The van der Waals surface area contributed by atoms with Gasteiger partial charge in [-0.15, -0.1) is 5.10 Å². The fourth-order valence-electron chi connectivity index (χ4n) is 3.38. The summed E-state index contributed by atoms with van der Waals surface area (Å²) in [6.45, 7) is 2.59. The van der Waals surface area contributed by atoms with Gasteiger partial charge in [0, 0.05) is 5.56 Å². The maximum absolute atomic E-state index is 12.9. The zero-order valence-electron chi connectivity index (χ0n) is 17.5. The van der Waals surface area contributed by atoms with Crippen LogP contribution in [0.5, 0.6) is 5.75 Å². The summed E-state index contributed by atoms with van der Waals surface area (Å²) in [4.78, 5) is 21.7. The highest BCUT2D eigenvalue weighted by atomic mass is 16.5. The molecule has 10 heteroatoms. The third kappa shape index (κ3) is 3.62. The molecule has 0 unspecified atom stereocenters. The van der Waals surface area contributed by atoms with Gasteiger partial charge in [0.15, 0.2) is 11.2 Å². The number of aryl methyl sites for hydroxylation is 1. The minimum atomic E-state index is -0.324. The van der Waals surface area contributed by atoms with Gasteiger partial charge in [0.05, 0.1) is 13.7 Å². The molecule has 0 saturated heterocycles. The molecular formula is C22H19N7O3. The Morgan fingerprint density at radius 2 is 1.88 bits per heavy atom. The van der Waals surface area contributed by atoms with Crippen LogP contribution in [0.15, 0.2) is 64.2 Å². The SMILES string of the molecule is COc1ccc(-c2noc(Cn3cnc4c(nnn4Cc4ccccc4C)c3=O)n2)cc1.